The summed E-state index contributed by atoms with van der Waals surface area (Å²) in [6, 6.07) is 10.9. The first-order chi connectivity index (χ1) is 11.4. The van der Waals surface area contributed by atoms with Crippen molar-refractivity contribution in [3.8, 4) is 5.75 Å². The number of methoxy groups -OCH3 is 1. The topological polar surface area (TPSA) is 89.8 Å². The molecule has 1 heterocycles. The summed E-state index contributed by atoms with van der Waals surface area (Å²) in [5, 5.41) is 11.3. The Bertz CT molecular complexity index is 910. The first kappa shape index (κ1) is 16.3. The van der Waals surface area contributed by atoms with Crippen LogP contribution in [0.15, 0.2) is 47.4 Å². The van der Waals surface area contributed by atoms with E-state index in [0.717, 1.165) is 11.6 Å². The highest BCUT2D eigenvalue weighted by Gasteiger charge is 2.38. The normalized spacial score (nSPS) is 16.8. The number of para-hydroxylation sites is 1. The molecule has 1 unspecified atom stereocenters. The molecule has 126 valence electrons. The SMILES string of the molecule is COc1ccc(S(=O)(=O)N2CC(C)c3ccccc32)c([N+](=O)[O-])c1. The zero-order chi connectivity index (χ0) is 17.5. The molecule has 0 amide bonds. The minimum Gasteiger partial charge on any atom is -0.497 e. The van der Waals surface area contributed by atoms with E-state index in [1.165, 1.54) is 23.5 Å². The number of nitro benzene ring substituents is 1. The Morgan fingerprint density at radius 3 is 2.62 bits per heavy atom. The van der Waals surface area contributed by atoms with E-state index in [2.05, 4.69) is 0 Å². The van der Waals surface area contributed by atoms with Crippen molar-refractivity contribution in [1.82, 2.24) is 0 Å². The van der Waals surface area contributed by atoms with E-state index in [1.54, 1.807) is 12.1 Å². The van der Waals surface area contributed by atoms with Crippen molar-refractivity contribution >= 4 is 21.4 Å². The van der Waals surface area contributed by atoms with Gasteiger partial charge >= 0.3 is 0 Å². The number of nitrogens with zero attached hydrogens (tertiary/aromatic N) is 2. The molecule has 1 atom stereocenters. The molecule has 7 nitrogen and oxygen atoms in total. The number of fused-ring (bicyclic) bond motifs is 1. The largest absolute Gasteiger partial charge is 0.497 e. The van der Waals surface area contributed by atoms with Gasteiger partial charge in [0, 0.05) is 12.5 Å². The molecule has 1 aliphatic heterocycles. The third kappa shape index (κ3) is 2.48. The minimum absolute atomic E-state index is 0.0216. The zero-order valence-electron chi connectivity index (χ0n) is 13.2. The van der Waals surface area contributed by atoms with E-state index in [0.29, 0.717) is 5.69 Å². The van der Waals surface area contributed by atoms with Gasteiger partial charge in [-0.25, -0.2) is 8.42 Å². The van der Waals surface area contributed by atoms with Crippen molar-refractivity contribution in [2.45, 2.75) is 17.7 Å². The molecule has 24 heavy (non-hydrogen) atoms. The number of anilines is 1. The van der Waals surface area contributed by atoms with Crippen LogP contribution in [0, 0.1) is 10.1 Å². The van der Waals surface area contributed by atoms with Crippen LogP contribution in [0.1, 0.15) is 18.4 Å². The molecule has 2 aromatic rings. The van der Waals surface area contributed by atoms with Crippen molar-refractivity contribution in [1.29, 1.82) is 0 Å². The van der Waals surface area contributed by atoms with Gasteiger partial charge in [-0.3, -0.25) is 14.4 Å². The van der Waals surface area contributed by atoms with Gasteiger partial charge in [-0.15, -0.1) is 0 Å². The van der Waals surface area contributed by atoms with Crippen LogP contribution in [0.3, 0.4) is 0 Å². The summed E-state index contributed by atoms with van der Waals surface area (Å²) in [6.07, 6.45) is 0. The van der Waals surface area contributed by atoms with Crippen molar-refractivity contribution in [3.63, 3.8) is 0 Å². The third-order valence-corrected chi connectivity index (χ3v) is 5.93. The van der Waals surface area contributed by atoms with Crippen LogP contribution in [-0.4, -0.2) is 27.0 Å². The lowest BCUT2D eigenvalue weighted by Gasteiger charge is -2.20. The number of nitro groups is 1. The molecular weight excluding hydrogens is 332 g/mol. The fraction of sp³-hybridized carbons (Fsp3) is 0.250. The monoisotopic (exact) mass is 348 g/mol. The molecule has 8 heteroatoms. The van der Waals surface area contributed by atoms with Crippen molar-refractivity contribution in [2.24, 2.45) is 0 Å². The van der Waals surface area contributed by atoms with Crippen LogP contribution in [-0.2, 0) is 10.0 Å². The fourth-order valence-electron chi connectivity index (χ4n) is 2.91. The predicted octanol–water partition coefficient (Wildman–Crippen LogP) is 2.92. The minimum atomic E-state index is -4.05. The van der Waals surface area contributed by atoms with Crippen LogP contribution in [0.4, 0.5) is 11.4 Å². The van der Waals surface area contributed by atoms with Gasteiger partial charge in [0.25, 0.3) is 15.7 Å². The van der Waals surface area contributed by atoms with Gasteiger partial charge in [0.2, 0.25) is 0 Å². The lowest BCUT2D eigenvalue weighted by molar-refractivity contribution is -0.387. The molecule has 0 aromatic heterocycles. The molecule has 0 spiro atoms. The maximum atomic E-state index is 13.0. The molecule has 0 bridgehead atoms. The van der Waals surface area contributed by atoms with Crippen LogP contribution in [0.2, 0.25) is 0 Å². The zero-order valence-corrected chi connectivity index (χ0v) is 14.0. The van der Waals surface area contributed by atoms with Gasteiger partial charge in [-0.05, 0) is 23.8 Å². The quantitative estimate of drug-likeness (QED) is 0.626. The number of benzene rings is 2. The van der Waals surface area contributed by atoms with Gasteiger partial charge in [0.1, 0.15) is 5.75 Å². The summed E-state index contributed by atoms with van der Waals surface area (Å²) >= 11 is 0. The second kappa shape index (κ2) is 5.79. The lowest BCUT2D eigenvalue weighted by atomic mass is 10.0. The average molecular weight is 348 g/mol. The van der Waals surface area contributed by atoms with E-state index >= 15 is 0 Å². The van der Waals surface area contributed by atoms with Gasteiger partial charge in [0.15, 0.2) is 4.90 Å². The van der Waals surface area contributed by atoms with Gasteiger partial charge in [-0.1, -0.05) is 25.1 Å². The number of ether oxygens (including phenoxy) is 1. The Balaban J connectivity index is 2.15. The Morgan fingerprint density at radius 2 is 1.96 bits per heavy atom. The maximum Gasteiger partial charge on any atom is 0.293 e. The first-order valence-corrected chi connectivity index (χ1v) is 8.74. The number of rotatable bonds is 4. The Labute approximate surface area is 139 Å². The van der Waals surface area contributed by atoms with Crippen LogP contribution in [0.25, 0.3) is 0 Å². The number of sulfonamides is 1. The van der Waals surface area contributed by atoms with E-state index in [1.807, 2.05) is 19.1 Å². The molecule has 3 rings (SSSR count). The average Bonchev–Trinajstić information content (AvgIpc) is 2.92. The molecule has 0 saturated heterocycles. The van der Waals surface area contributed by atoms with E-state index in [4.69, 9.17) is 4.74 Å². The Morgan fingerprint density at radius 1 is 1.25 bits per heavy atom. The van der Waals surface area contributed by atoms with Crippen LogP contribution in [0.5, 0.6) is 5.75 Å². The standard InChI is InChI=1S/C16H16N2O5S/c1-11-10-17(14-6-4-3-5-13(11)14)24(21,22)16-8-7-12(23-2)9-15(16)18(19)20/h3-9,11H,10H2,1-2H3. The summed E-state index contributed by atoms with van der Waals surface area (Å²) in [4.78, 5) is 10.3. The first-order valence-electron chi connectivity index (χ1n) is 7.30. The molecule has 0 N–H and O–H groups in total. The molecule has 0 aliphatic carbocycles. The highest BCUT2D eigenvalue weighted by molar-refractivity contribution is 7.93. The lowest BCUT2D eigenvalue weighted by Crippen LogP contribution is -2.30. The van der Waals surface area contributed by atoms with Crippen molar-refractivity contribution < 1.29 is 18.1 Å². The molecular formula is C16H16N2O5S. The molecule has 2 aromatic carbocycles. The Hall–Kier alpha value is -2.61. The summed E-state index contributed by atoms with van der Waals surface area (Å²) in [5.74, 6) is 0.254. The highest BCUT2D eigenvalue weighted by Crippen LogP contribution is 2.41. The van der Waals surface area contributed by atoms with E-state index in [-0.39, 0.29) is 23.1 Å². The predicted molar refractivity (Wildman–Crippen MR) is 89.0 cm³/mol. The summed E-state index contributed by atoms with van der Waals surface area (Å²) < 4.78 is 32.3. The smallest absolute Gasteiger partial charge is 0.293 e. The maximum absolute atomic E-state index is 13.0. The van der Waals surface area contributed by atoms with Crippen LogP contribution >= 0.6 is 0 Å². The number of hydrogen-bond donors (Lipinski definition) is 0. The van der Waals surface area contributed by atoms with Crippen molar-refractivity contribution in [3.05, 3.63) is 58.1 Å². The Kier molecular flexibility index (Phi) is 3.92. The van der Waals surface area contributed by atoms with Gasteiger partial charge in [-0.2, -0.15) is 0 Å². The molecule has 1 aliphatic rings. The highest BCUT2D eigenvalue weighted by atomic mass is 32.2. The third-order valence-electron chi connectivity index (χ3n) is 4.11. The second-order valence-corrected chi connectivity index (χ2v) is 7.42. The van der Waals surface area contributed by atoms with E-state index in [9.17, 15) is 18.5 Å². The van der Waals surface area contributed by atoms with E-state index < -0.39 is 20.6 Å². The van der Waals surface area contributed by atoms with Gasteiger partial charge in [0.05, 0.1) is 23.8 Å². The van der Waals surface area contributed by atoms with Crippen molar-refractivity contribution in [2.75, 3.05) is 18.0 Å². The fourth-order valence-corrected chi connectivity index (χ4v) is 4.63. The number of hydrogen-bond acceptors (Lipinski definition) is 5. The molecule has 0 fully saturated rings. The summed E-state index contributed by atoms with van der Waals surface area (Å²) in [6.45, 7) is 2.18. The second-order valence-electron chi connectivity index (χ2n) is 5.59. The molecule has 0 saturated carbocycles. The summed E-state index contributed by atoms with van der Waals surface area (Å²) in [5.41, 5.74) is 0.985. The van der Waals surface area contributed by atoms with Gasteiger partial charge < -0.3 is 4.74 Å². The van der Waals surface area contributed by atoms with Crippen LogP contribution < -0.4 is 9.04 Å². The molecule has 0 radical (unpaired) electrons. The summed E-state index contributed by atoms with van der Waals surface area (Å²) in [7, 11) is -2.68.